The number of amides is 1. The highest BCUT2D eigenvalue weighted by Gasteiger charge is 2.30. The molecule has 0 bridgehead atoms. The summed E-state index contributed by atoms with van der Waals surface area (Å²) in [6.07, 6.45) is 8.09. The second-order valence-electron chi connectivity index (χ2n) is 6.78. The first-order valence-electron chi connectivity index (χ1n) is 9.04. The first kappa shape index (κ1) is 16.2. The molecule has 2 aromatic heterocycles. The topological polar surface area (TPSA) is 75.4 Å². The molecular weight excluding hydrogens is 318 g/mol. The molecule has 2 aromatic rings. The van der Waals surface area contributed by atoms with Gasteiger partial charge in [-0.1, -0.05) is 11.6 Å². The SMILES string of the molecule is O=C(CCc1nc(-c2cccnc2)no1)N1CCN2CCCCC2C1. The van der Waals surface area contributed by atoms with Crippen LogP contribution in [-0.4, -0.2) is 63.1 Å². The molecule has 1 unspecified atom stereocenters. The Morgan fingerprint density at radius 2 is 2.24 bits per heavy atom. The van der Waals surface area contributed by atoms with Gasteiger partial charge in [-0.15, -0.1) is 0 Å². The molecular formula is C18H23N5O2. The first-order valence-corrected chi connectivity index (χ1v) is 9.04. The standard InChI is InChI=1S/C18H23N5O2/c24-17(23-11-10-22-9-2-1-5-15(22)13-23)7-6-16-20-18(21-25-16)14-4-3-8-19-12-14/h3-4,8,12,15H,1-2,5-7,9-11,13H2. The Balaban J connectivity index is 1.31. The van der Waals surface area contributed by atoms with Crippen LogP contribution in [0.2, 0.25) is 0 Å². The molecule has 2 fully saturated rings. The molecule has 0 saturated carbocycles. The predicted molar refractivity (Wildman–Crippen MR) is 91.6 cm³/mol. The third kappa shape index (κ3) is 3.71. The Morgan fingerprint density at radius 1 is 1.28 bits per heavy atom. The molecule has 1 amide bonds. The van der Waals surface area contributed by atoms with Gasteiger partial charge in [-0.2, -0.15) is 4.98 Å². The summed E-state index contributed by atoms with van der Waals surface area (Å²) in [6, 6.07) is 4.27. The fourth-order valence-corrected chi connectivity index (χ4v) is 3.72. The van der Waals surface area contributed by atoms with Crippen LogP contribution in [0.25, 0.3) is 11.4 Å². The maximum atomic E-state index is 12.5. The Labute approximate surface area is 147 Å². The molecule has 7 heteroatoms. The minimum atomic E-state index is 0.186. The quantitative estimate of drug-likeness (QED) is 0.843. The number of aromatic nitrogens is 3. The number of hydrogen-bond donors (Lipinski definition) is 0. The molecule has 2 saturated heterocycles. The lowest BCUT2D eigenvalue weighted by Crippen LogP contribution is -2.56. The number of piperazine rings is 1. The second-order valence-corrected chi connectivity index (χ2v) is 6.78. The van der Waals surface area contributed by atoms with Crippen LogP contribution in [0.5, 0.6) is 0 Å². The molecule has 0 aromatic carbocycles. The van der Waals surface area contributed by atoms with Crippen molar-refractivity contribution in [3.8, 4) is 11.4 Å². The fourth-order valence-electron chi connectivity index (χ4n) is 3.72. The van der Waals surface area contributed by atoms with E-state index in [1.165, 1.54) is 25.8 Å². The van der Waals surface area contributed by atoms with Crippen LogP contribution >= 0.6 is 0 Å². The van der Waals surface area contributed by atoms with Crippen LogP contribution in [-0.2, 0) is 11.2 Å². The third-order valence-electron chi connectivity index (χ3n) is 5.13. The van der Waals surface area contributed by atoms with Gasteiger partial charge in [-0.05, 0) is 31.5 Å². The molecule has 2 aliphatic rings. The average molecular weight is 341 g/mol. The smallest absolute Gasteiger partial charge is 0.227 e. The Kier molecular flexibility index (Phi) is 4.74. The number of piperidine rings is 1. The van der Waals surface area contributed by atoms with Crippen molar-refractivity contribution in [2.45, 2.75) is 38.1 Å². The number of carbonyl (C=O) groups is 1. The Bertz CT molecular complexity index is 717. The van der Waals surface area contributed by atoms with Gasteiger partial charge >= 0.3 is 0 Å². The highest BCUT2D eigenvalue weighted by atomic mass is 16.5. The lowest BCUT2D eigenvalue weighted by molar-refractivity contribution is -0.134. The maximum Gasteiger partial charge on any atom is 0.227 e. The molecule has 0 N–H and O–H groups in total. The maximum absolute atomic E-state index is 12.5. The van der Waals surface area contributed by atoms with E-state index < -0.39 is 0 Å². The van der Waals surface area contributed by atoms with E-state index >= 15 is 0 Å². The largest absolute Gasteiger partial charge is 0.340 e. The van der Waals surface area contributed by atoms with Gasteiger partial charge in [0.15, 0.2) is 0 Å². The van der Waals surface area contributed by atoms with Crippen LogP contribution in [0.3, 0.4) is 0 Å². The lowest BCUT2D eigenvalue weighted by atomic mass is 9.99. The van der Waals surface area contributed by atoms with Crippen molar-refractivity contribution in [1.29, 1.82) is 0 Å². The van der Waals surface area contributed by atoms with E-state index in [9.17, 15) is 4.79 Å². The van der Waals surface area contributed by atoms with Crippen molar-refractivity contribution in [3.63, 3.8) is 0 Å². The lowest BCUT2D eigenvalue weighted by Gasteiger charge is -2.44. The molecule has 4 rings (SSSR count). The summed E-state index contributed by atoms with van der Waals surface area (Å²) in [5, 5.41) is 3.97. The normalized spacial score (nSPS) is 21.1. The zero-order valence-corrected chi connectivity index (χ0v) is 14.3. The van der Waals surface area contributed by atoms with E-state index in [-0.39, 0.29) is 5.91 Å². The average Bonchev–Trinajstić information content (AvgIpc) is 3.15. The number of fused-ring (bicyclic) bond motifs is 1. The fraction of sp³-hybridized carbons (Fsp3) is 0.556. The summed E-state index contributed by atoms with van der Waals surface area (Å²) < 4.78 is 5.27. The van der Waals surface area contributed by atoms with Crippen molar-refractivity contribution < 1.29 is 9.32 Å². The number of pyridine rings is 1. The molecule has 0 spiro atoms. The van der Waals surface area contributed by atoms with E-state index in [1.54, 1.807) is 12.4 Å². The van der Waals surface area contributed by atoms with Crippen LogP contribution in [0.4, 0.5) is 0 Å². The Morgan fingerprint density at radius 3 is 3.12 bits per heavy atom. The summed E-state index contributed by atoms with van der Waals surface area (Å²) in [5.74, 6) is 1.21. The van der Waals surface area contributed by atoms with E-state index in [2.05, 4.69) is 20.0 Å². The molecule has 2 aliphatic heterocycles. The van der Waals surface area contributed by atoms with Gasteiger partial charge in [0.25, 0.3) is 0 Å². The van der Waals surface area contributed by atoms with E-state index in [0.717, 1.165) is 25.2 Å². The van der Waals surface area contributed by atoms with Crippen molar-refractivity contribution in [3.05, 3.63) is 30.4 Å². The third-order valence-corrected chi connectivity index (χ3v) is 5.13. The van der Waals surface area contributed by atoms with Crippen molar-refractivity contribution in [2.75, 3.05) is 26.2 Å². The summed E-state index contributed by atoms with van der Waals surface area (Å²) >= 11 is 0. The summed E-state index contributed by atoms with van der Waals surface area (Å²) in [4.78, 5) is 25.5. The van der Waals surface area contributed by atoms with Gasteiger partial charge in [0.05, 0.1) is 0 Å². The van der Waals surface area contributed by atoms with Gasteiger partial charge in [0.2, 0.25) is 17.6 Å². The zero-order chi connectivity index (χ0) is 17.1. The number of carbonyl (C=O) groups excluding carboxylic acids is 1. The molecule has 25 heavy (non-hydrogen) atoms. The summed E-state index contributed by atoms with van der Waals surface area (Å²) in [5.41, 5.74) is 0.817. The molecule has 7 nitrogen and oxygen atoms in total. The number of nitrogens with zero attached hydrogens (tertiary/aromatic N) is 5. The Hall–Kier alpha value is -2.28. The van der Waals surface area contributed by atoms with E-state index in [0.29, 0.717) is 30.6 Å². The van der Waals surface area contributed by atoms with Crippen LogP contribution in [0.15, 0.2) is 29.0 Å². The van der Waals surface area contributed by atoms with Gasteiger partial charge < -0.3 is 9.42 Å². The number of rotatable bonds is 4. The second kappa shape index (κ2) is 7.31. The van der Waals surface area contributed by atoms with Crippen molar-refractivity contribution >= 4 is 5.91 Å². The number of aryl methyl sites for hydroxylation is 1. The van der Waals surface area contributed by atoms with Crippen molar-refractivity contribution in [2.24, 2.45) is 0 Å². The highest BCUT2D eigenvalue weighted by Crippen LogP contribution is 2.22. The molecule has 132 valence electrons. The summed E-state index contributed by atoms with van der Waals surface area (Å²) in [6.45, 7) is 3.89. The molecule has 1 atom stereocenters. The summed E-state index contributed by atoms with van der Waals surface area (Å²) in [7, 11) is 0. The van der Waals surface area contributed by atoms with Gasteiger partial charge in [-0.25, -0.2) is 0 Å². The van der Waals surface area contributed by atoms with Gasteiger partial charge in [-0.3, -0.25) is 14.7 Å². The van der Waals surface area contributed by atoms with E-state index in [4.69, 9.17) is 4.52 Å². The minimum absolute atomic E-state index is 0.186. The first-order chi connectivity index (χ1) is 12.3. The number of hydrogen-bond acceptors (Lipinski definition) is 6. The molecule has 4 heterocycles. The predicted octanol–water partition coefficient (Wildman–Crippen LogP) is 1.76. The van der Waals surface area contributed by atoms with Crippen LogP contribution in [0.1, 0.15) is 31.6 Å². The minimum Gasteiger partial charge on any atom is -0.340 e. The molecule has 0 aliphatic carbocycles. The van der Waals surface area contributed by atoms with Gasteiger partial charge in [0.1, 0.15) is 0 Å². The zero-order valence-electron chi connectivity index (χ0n) is 14.3. The van der Waals surface area contributed by atoms with Crippen LogP contribution < -0.4 is 0 Å². The van der Waals surface area contributed by atoms with E-state index in [1.807, 2.05) is 17.0 Å². The monoisotopic (exact) mass is 341 g/mol. The van der Waals surface area contributed by atoms with Crippen molar-refractivity contribution in [1.82, 2.24) is 24.9 Å². The van der Waals surface area contributed by atoms with Gasteiger partial charge in [0, 0.05) is 56.5 Å². The highest BCUT2D eigenvalue weighted by molar-refractivity contribution is 5.76. The molecule has 0 radical (unpaired) electrons. The van der Waals surface area contributed by atoms with Crippen LogP contribution in [0, 0.1) is 0 Å².